The zero-order chi connectivity index (χ0) is 18.5. The van der Waals surface area contributed by atoms with Gasteiger partial charge in [-0.2, -0.15) is 0 Å². The van der Waals surface area contributed by atoms with Gasteiger partial charge in [0.25, 0.3) is 5.91 Å². The van der Waals surface area contributed by atoms with Gasteiger partial charge in [0.1, 0.15) is 5.75 Å². The smallest absolute Gasteiger partial charge is 0.322 e. The molecule has 0 spiro atoms. The lowest BCUT2D eigenvalue weighted by molar-refractivity contribution is -0.119. The lowest BCUT2D eigenvalue weighted by Gasteiger charge is -2.16. The van der Waals surface area contributed by atoms with Gasteiger partial charge in [0.2, 0.25) is 5.91 Å². The van der Waals surface area contributed by atoms with Gasteiger partial charge in [0.05, 0.1) is 20.2 Å². The van der Waals surface area contributed by atoms with E-state index in [1.807, 2.05) is 30.3 Å². The number of methoxy groups -OCH3 is 1. The van der Waals surface area contributed by atoms with Crippen molar-refractivity contribution < 1.29 is 19.1 Å². The van der Waals surface area contributed by atoms with Crippen molar-refractivity contribution in [1.82, 2.24) is 15.5 Å². The number of nitrogens with one attached hydrogen (secondary N) is 2. The molecule has 0 atom stereocenters. The Kier molecular flexibility index (Phi) is 5.17. The number of urea groups is 1. The van der Waals surface area contributed by atoms with Gasteiger partial charge in [0, 0.05) is 12.1 Å². The molecule has 0 unspecified atom stereocenters. The van der Waals surface area contributed by atoms with Crippen LogP contribution in [0, 0.1) is 0 Å². The fraction of sp³-hybridized carbons (Fsp3) is 0.211. The van der Waals surface area contributed by atoms with Crippen LogP contribution in [0.5, 0.6) is 5.75 Å². The summed E-state index contributed by atoms with van der Waals surface area (Å²) in [6, 6.07) is 13.7. The summed E-state index contributed by atoms with van der Waals surface area (Å²) < 4.78 is 5.15. The summed E-state index contributed by atoms with van der Waals surface area (Å²) in [6.07, 6.45) is 0.113. The van der Waals surface area contributed by atoms with Crippen LogP contribution in [0.25, 0.3) is 0 Å². The van der Waals surface area contributed by atoms with E-state index in [2.05, 4.69) is 10.6 Å². The predicted molar refractivity (Wildman–Crippen MR) is 94.6 cm³/mol. The number of hydrogen-bond acceptors (Lipinski definition) is 4. The monoisotopic (exact) mass is 353 g/mol. The van der Waals surface area contributed by atoms with E-state index in [9.17, 15) is 14.4 Å². The SMILES string of the molecule is COc1ccc2c(c1)CN(CNC(=O)NC(=O)Cc1ccccc1)C2=O. The molecular formula is C19H19N3O4. The fourth-order valence-electron chi connectivity index (χ4n) is 2.78. The molecule has 134 valence electrons. The molecule has 1 heterocycles. The van der Waals surface area contributed by atoms with Crippen LogP contribution in [0.3, 0.4) is 0 Å². The van der Waals surface area contributed by atoms with Gasteiger partial charge < -0.3 is 15.0 Å². The first-order chi connectivity index (χ1) is 12.6. The molecule has 3 rings (SSSR count). The Bertz CT molecular complexity index is 836. The summed E-state index contributed by atoms with van der Waals surface area (Å²) in [5.41, 5.74) is 2.25. The van der Waals surface area contributed by atoms with E-state index in [-0.39, 0.29) is 19.0 Å². The Morgan fingerprint density at radius 2 is 1.92 bits per heavy atom. The van der Waals surface area contributed by atoms with Crippen molar-refractivity contribution in [3.8, 4) is 5.75 Å². The molecule has 2 aromatic carbocycles. The van der Waals surface area contributed by atoms with Crippen LogP contribution in [-0.2, 0) is 17.8 Å². The largest absolute Gasteiger partial charge is 0.497 e. The summed E-state index contributed by atoms with van der Waals surface area (Å²) in [7, 11) is 1.56. The van der Waals surface area contributed by atoms with Crippen molar-refractivity contribution in [2.24, 2.45) is 0 Å². The minimum atomic E-state index is -0.632. The average Bonchev–Trinajstić information content (AvgIpc) is 2.96. The van der Waals surface area contributed by atoms with E-state index >= 15 is 0 Å². The molecule has 26 heavy (non-hydrogen) atoms. The molecule has 2 aromatic rings. The average molecular weight is 353 g/mol. The summed E-state index contributed by atoms with van der Waals surface area (Å²) in [4.78, 5) is 37.6. The van der Waals surface area contributed by atoms with Crippen LogP contribution in [-0.4, -0.2) is 36.5 Å². The van der Waals surface area contributed by atoms with Crippen LogP contribution >= 0.6 is 0 Å². The molecule has 7 heteroatoms. The first kappa shape index (κ1) is 17.5. The first-order valence-corrected chi connectivity index (χ1v) is 8.14. The normalized spacial score (nSPS) is 12.5. The van der Waals surface area contributed by atoms with E-state index in [0.29, 0.717) is 17.9 Å². The third-order valence-electron chi connectivity index (χ3n) is 4.08. The number of rotatable bonds is 5. The quantitative estimate of drug-likeness (QED) is 0.856. The molecule has 0 radical (unpaired) electrons. The molecule has 2 N–H and O–H groups in total. The molecule has 7 nitrogen and oxygen atoms in total. The topological polar surface area (TPSA) is 87.7 Å². The molecule has 0 aromatic heterocycles. The summed E-state index contributed by atoms with van der Waals surface area (Å²) in [5, 5.41) is 4.80. The molecule has 1 aliphatic heterocycles. The lowest BCUT2D eigenvalue weighted by Crippen LogP contribution is -2.45. The third kappa shape index (κ3) is 4.00. The molecule has 1 aliphatic rings. The van der Waals surface area contributed by atoms with Gasteiger partial charge in [0.15, 0.2) is 0 Å². The highest BCUT2D eigenvalue weighted by atomic mass is 16.5. The highest BCUT2D eigenvalue weighted by Gasteiger charge is 2.27. The molecule has 0 aliphatic carbocycles. The lowest BCUT2D eigenvalue weighted by atomic mass is 10.1. The molecule has 0 bridgehead atoms. The Morgan fingerprint density at radius 1 is 1.15 bits per heavy atom. The molecule has 4 amide bonds. The number of benzene rings is 2. The van der Waals surface area contributed by atoms with E-state index in [0.717, 1.165) is 11.1 Å². The van der Waals surface area contributed by atoms with E-state index in [1.54, 1.807) is 25.3 Å². The highest BCUT2D eigenvalue weighted by Crippen LogP contribution is 2.26. The van der Waals surface area contributed by atoms with Gasteiger partial charge in [-0.3, -0.25) is 14.9 Å². The van der Waals surface area contributed by atoms with Crippen LogP contribution in [0.2, 0.25) is 0 Å². The predicted octanol–water partition coefficient (Wildman–Crippen LogP) is 1.68. The van der Waals surface area contributed by atoms with Gasteiger partial charge in [-0.1, -0.05) is 30.3 Å². The van der Waals surface area contributed by atoms with Gasteiger partial charge in [-0.15, -0.1) is 0 Å². The van der Waals surface area contributed by atoms with E-state index in [1.165, 1.54) is 4.90 Å². The maximum atomic E-state index is 12.3. The minimum absolute atomic E-state index is 0.0142. The second kappa shape index (κ2) is 7.69. The van der Waals surface area contributed by atoms with Gasteiger partial charge >= 0.3 is 6.03 Å². The summed E-state index contributed by atoms with van der Waals surface area (Å²) >= 11 is 0. The number of carbonyl (C=O) groups excluding carboxylic acids is 3. The van der Waals surface area contributed by atoms with E-state index in [4.69, 9.17) is 4.74 Å². The van der Waals surface area contributed by atoms with Crippen LogP contribution in [0.4, 0.5) is 4.79 Å². The van der Waals surface area contributed by atoms with Crippen molar-refractivity contribution >= 4 is 17.8 Å². The van der Waals surface area contributed by atoms with Crippen molar-refractivity contribution in [2.45, 2.75) is 13.0 Å². The number of ether oxygens (including phenoxy) is 1. The molecule has 0 saturated heterocycles. The van der Waals surface area contributed by atoms with Crippen molar-refractivity contribution in [1.29, 1.82) is 0 Å². The number of amides is 4. The highest BCUT2D eigenvalue weighted by molar-refractivity contribution is 5.99. The summed E-state index contributed by atoms with van der Waals surface area (Å²) in [5.74, 6) is 0.101. The minimum Gasteiger partial charge on any atom is -0.497 e. The van der Waals surface area contributed by atoms with Crippen LogP contribution in [0.15, 0.2) is 48.5 Å². The number of fused-ring (bicyclic) bond motifs is 1. The first-order valence-electron chi connectivity index (χ1n) is 8.14. The Balaban J connectivity index is 1.49. The molecule has 0 fully saturated rings. The number of nitrogens with zero attached hydrogens (tertiary/aromatic N) is 1. The standard InChI is InChI=1S/C19H19N3O4/c1-26-15-7-8-16-14(10-15)11-22(18(16)24)12-20-19(25)21-17(23)9-13-5-3-2-4-6-13/h2-8,10H,9,11-12H2,1H3,(H2,20,21,23,25). The van der Waals surface area contributed by atoms with Crippen molar-refractivity contribution in [3.63, 3.8) is 0 Å². The molecular weight excluding hydrogens is 334 g/mol. The van der Waals surface area contributed by atoms with Crippen molar-refractivity contribution in [2.75, 3.05) is 13.8 Å². The Morgan fingerprint density at radius 3 is 2.65 bits per heavy atom. The van der Waals surface area contributed by atoms with Gasteiger partial charge in [-0.25, -0.2) is 4.79 Å². The Hall–Kier alpha value is -3.35. The zero-order valence-corrected chi connectivity index (χ0v) is 14.3. The third-order valence-corrected chi connectivity index (χ3v) is 4.08. The molecule has 0 saturated carbocycles. The number of hydrogen-bond donors (Lipinski definition) is 2. The summed E-state index contributed by atoms with van der Waals surface area (Å²) in [6.45, 7) is 0.393. The fourth-order valence-corrected chi connectivity index (χ4v) is 2.78. The number of carbonyl (C=O) groups is 3. The van der Waals surface area contributed by atoms with Crippen molar-refractivity contribution in [3.05, 3.63) is 65.2 Å². The Labute approximate surface area is 150 Å². The van der Waals surface area contributed by atoms with Crippen LogP contribution < -0.4 is 15.4 Å². The second-order valence-corrected chi connectivity index (χ2v) is 5.90. The second-order valence-electron chi connectivity index (χ2n) is 5.90. The maximum absolute atomic E-state index is 12.3. The van der Waals surface area contributed by atoms with E-state index < -0.39 is 11.9 Å². The number of imide groups is 1. The van der Waals surface area contributed by atoms with Gasteiger partial charge in [-0.05, 0) is 29.3 Å². The van der Waals surface area contributed by atoms with Crippen LogP contribution in [0.1, 0.15) is 21.5 Å². The maximum Gasteiger partial charge on any atom is 0.322 e. The zero-order valence-electron chi connectivity index (χ0n) is 14.3.